The lowest BCUT2D eigenvalue weighted by Gasteiger charge is -2.44. The highest BCUT2D eigenvalue weighted by Gasteiger charge is 2.50. The van der Waals surface area contributed by atoms with Crippen LogP contribution in [-0.4, -0.2) is 67.5 Å². The van der Waals surface area contributed by atoms with Crippen molar-refractivity contribution in [1.29, 1.82) is 0 Å². The van der Waals surface area contributed by atoms with Gasteiger partial charge in [-0.05, 0) is 55.5 Å². The average Bonchev–Trinajstić information content (AvgIpc) is 3.78. The molecule has 1 aliphatic heterocycles. The normalized spacial score (nSPS) is 17.2. The Morgan fingerprint density at radius 1 is 0.849 bits per heavy atom. The Balaban J connectivity index is 1.30. The summed E-state index contributed by atoms with van der Waals surface area (Å²) < 4.78 is -1.96. The van der Waals surface area contributed by atoms with Crippen molar-refractivity contribution in [2.75, 3.05) is 6.54 Å². The predicted molar refractivity (Wildman–Crippen MR) is 211 cm³/mol. The maximum Gasteiger partial charge on any atom is 0.405 e. The fourth-order valence-electron chi connectivity index (χ4n) is 7.17. The molecule has 4 aromatic carbocycles. The lowest BCUT2D eigenvalue weighted by molar-refractivity contribution is -0.140. The highest BCUT2D eigenvalue weighted by atomic mass is 32.2. The molecule has 4 atom stereocenters. The number of aliphatic hydroxyl groups excluding tert-OH is 1. The van der Waals surface area contributed by atoms with E-state index in [0.717, 1.165) is 38.4 Å². The van der Waals surface area contributed by atoms with Gasteiger partial charge < -0.3 is 25.7 Å². The van der Waals surface area contributed by atoms with Gasteiger partial charge in [0.05, 0.1) is 33.0 Å². The molecule has 0 saturated carbocycles. The van der Waals surface area contributed by atoms with Crippen LogP contribution in [0.2, 0.25) is 0 Å². The van der Waals surface area contributed by atoms with Crippen molar-refractivity contribution in [2.24, 2.45) is 0 Å². The molecule has 0 spiro atoms. The number of aromatic nitrogens is 1. The first kappa shape index (κ1) is 37.8. The molecule has 9 nitrogen and oxygen atoms in total. The first-order valence-electron chi connectivity index (χ1n) is 17.6. The largest absolute Gasteiger partial charge is 0.465 e. The van der Waals surface area contributed by atoms with Gasteiger partial charge in [0.25, 0.3) is 0 Å². The molecule has 53 heavy (non-hydrogen) atoms. The molecule has 1 aromatic heterocycles. The first-order chi connectivity index (χ1) is 25.4. The Morgan fingerprint density at radius 2 is 1.38 bits per heavy atom. The van der Waals surface area contributed by atoms with Gasteiger partial charge in [-0.15, -0.1) is 23.1 Å². The highest BCUT2D eigenvalue weighted by molar-refractivity contribution is 8.02. The van der Waals surface area contributed by atoms with Gasteiger partial charge in [-0.3, -0.25) is 9.59 Å². The number of rotatable bonds is 12. The lowest BCUT2D eigenvalue weighted by atomic mass is 9.84. The molecule has 2 heterocycles. The van der Waals surface area contributed by atoms with Crippen molar-refractivity contribution >= 4 is 41.0 Å². The quantitative estimate of drug-likeness (QED) is 0.0979. The molecule has 11 heteroatoms. The Hall–Kier alpha value is -4.97. The van der Waals surface area contributed by atoms with Crippen molar-refractivity contribution in [3.05, 3.63) is 149 Å². The number of carboxylic acid groups (broad SMARTS) is 1. The van der Waals surface area contributed by atoms with Gasteiger partial charge in [0.15, 0.2) is 0 Å². The maximum atomic E-state index is 14.7. The maximum absolute atomic E-state index is 14.7. The van der Waals surface area contributed by atoms with Crippen LogP contribution in [-0.2, 0) is 14.3 Å². The van der Waals surface area contributed by atoms with E-state index in [1.807, 2.05) is 148 Å². The SMILES string of the molecule is Cc1ncsc1-c1ccc(C(C)NC(=O)[C@@H]2C[C@@H](O)CN2C(=O)C(NC(=O)O)C(C)(C)SC(c2ccccc2)(c2ccccc2)c2ccccc2)cc1. The fraction of sp³-hybridized carbons (Fsp3) is 0.286. The second-order valence-electron chi connectivity index (χ2n) is 13.9. The van der Waals surface area contributed by atoms with Gasteiger partial charge in [-0.1, -0.05) is 115 Å². The van der Waals surface area contributed by atoms with Crippen LogP contribution in [0.3, 0.4) is 0 Å². The van der Waals surface area contributed by atoms with E-state index in [4.69, 9.17) is 0 Å². The molecule has 6 rings (SSSR count). The van der Waals surface area contributed by atoms with Crippen molar-refractivity contribution in [3.8, 4) is 10.4 Å². The number of thiazole rings is 1. The molecule has 2 unspecified atom stereocenters. The predicted octanol–water partition coefficient (Wildman–Crippen LogP) is 7.40. The standard InChI is InChI=1S/C42H44N4O5S2/c1-27(29-20-22-30(23-21-29)36-28(2)43-26-52-36)44-38(48)35-24-34(47)25-46(35)39(49)37(45-40(50)51)41(3,4)53-42(31-14-8-5-9-15-31,32-16-10-6-11-17-32)33-18-12-7-13-19-33/h5-23,26-27,34-35,37,45,47H,24-25H2,1-4H3,(H,44,48)(H,50,51)/t27?,34-,35+,37?/m1/s1. The van der Waals surface area contributed by atoms with Gasteiger partial charge in [0.2, 0.25) is 11.8 Å². The van der Waals surface area contributed by atoms with E-state index < -0.39 is 51.6 Å². The van der Waals surface area contributed by atoms with Crippen LogP contribution in [0.4, 0.5) is 4.79 Å². The molecule has 5 aromatic rings. The summed E-state index contributed by atoms with van der Waals surface area (Å²) in [6.07, 6.45) is -2.29. The van der Waals surface area contributed by atoms with Crippen molar-refractivity contribution in [3.63, 3.8) is 0 Å². The highest BCUT2D eigenvalue weighted by Crippen LogP contribution is 2.54. The molecule has 0 aliphatic carbocycles. The van der Waals surface area contributed by atoms with Gasteiger partial charge in [0.1, 0.15) is 12.1 Å². The summed E-state index contributed by atoms with van der Waals surface area (Å²) in [5, 5.41) is 26.5. The Labute approximate surface area is 318 Å². The Kier molecular flexibility index (Phi) is 11.4. The number of hydrogen-bond donors (Lipinski definition) is 4. The number of aryl methyl sites for hydroxylation is 1. The van der Waals surface area contributed by atoms with Crippen molar-refractivity contribution in [1.82, 2.24) is 20.5 Å². The minimum Gasteiger partial charge on any atom is -0.465 e. The minimum atomic E-state index is -1.37. The number of carbonyl (C=O) groups is 3. The molecule has 4 N–H and O–H groups in total. The van der Waals surface area contributed by atoms with Crippen LogP contribution in [0.25, 0.3) is 10.4 Å². The van der Waals surface area contributed by atoms with E-state index in [1.54, 1.807) is 11.3 Å². The number of β-amino-alcohol motifs (C(OH)–C–C–N with tert-alkyl or cyclic N) is 1. The zero-order chi connectivity index (χ0) is 37.8. The monoisotopic (exact) mass is 748 g/mol. The third-order valence-electron chi connectivity index (χ3n) is 9.81. The lowest BCUT2D eigenvalue weighted by Crippen LogP contribution is -2.60. The summed E-state index contributed by atoms with van der Waals surface area (Å²) in [7, 11) is 0. The Bertz CT molecular complexity index is 1930. The van der Waals surface area contributed by atoms with Crippen molar-refractivity contribution in [2.45, 2.75) is 67.8 Å². The van der Waals surface area contributed by atoms with Crippen LogP contribution in [0, 0.1) is 6.92 Å². The number of nitrogens with one attached hydrogen (secondary N) is 2. The topological polar surface area (TPSA) is 132 Å². The third kappa shape index (κ3) is 8.02. The number of amides is 3. The number of hydrogen-bond acceptors (Lipinski definition) is 7. The molecule has 0 radical (unpaired) electrons. The number of carbonyl (C=O) groups excluding carboxylic acids is 2. The minimum absolute atomic E-state index is 0.0310. The summed E-state index contributed by atoms with van der Waals surface area (Å²) in [5.41, 5.74) is 7.54. The molecule has 1 aliphatic rings. The molecule has 1 fully saturated rings. The fourth-order valence-corrected chi connectivity index (χ4v) is 9.81. The summed E-state index contributed by atoms with van der Waals surface area (Å²) in [6, 6.07) is 35.1. The van der Waals surface area contributed by atoms with Gasteiger partial charge >= 0.3 is 6.09 Å². The summed E-state index contributed by atoms with van der Waals surface area (Å²) >= 11 is 3.04. The number of likely N-dealkylation sites (tertiary alicyclic amines) is 1. The van der Waals surface area contributed by atoms with Crippen LogP contribution in [0.5, 0.6) is 0 Å². The third-order valence-corrected chi connectivity index (χ3v) is 12.6. The van der Waals surface area contributed by atoms with E-state index in [-0.39, 0.29) is 13.0 Å². The number of thioether (sulfide) groups is 1. The van der Waals surface area contributed by atoms with Crippen LogP contribution in [0.15, 0.2) is 121 Å². The van der Waals surface area contributed by atoms with E-state index in [1.165, 1.54) is 16.7 Å². The second kappa shape index (κ2) is 16.0. The van der Waals surface area contributed by atoms with Crippen molar-refractivity contribution < 1.29 is 24.6 Å². The smallest absolute Gasteiger partial charge is 0.405 e. The van der Waals surface area contributed by atoms with E-state index in [9.17, 15) is 24.6 Å². The summed E-state index contributed by atoms with van der Waals surface area (Å²) in [4.78, 5) is 47.8. The zero-order valence-corrected chi connectivity index (χ0v) is 31.7. The van der Waals surface area contributed by atoms with Crippen LogP contribution in [0.1, 0.15) is 61.2 Å². The van der Waals surface area contributed by atoms with E-state index >= 15 is 0 Å². The molecule has 274 valence electrons. The molecule has 3 amide bonds. The van der Waals surface area contributed by atoms with E-state index in [0.29, 0.717) is 0 Å². The van der Waals surface area contributed by atoms with Crippen LogP contribution >= 0.6 is 23.1 Å². The molecular formula is C42H44N4O5S2. The number of aliphatic hydroxyl groups is 1. The van der Waals surface area contributed by atoms with Gasteiger partial charge in [-0.25, -0.2) is 9.78 Å². The van der Waals surface area contributed by atoms with E-state index in [2.05, 4.69) is 15.6 Å². The molecule has 0 bridgehead atoms. The van der Waals surface area contributed by atoms with Gasteiger partial charge in [-0.2, -0.15) is 0 Å². The first-order valence-corrected chi connectivity index (χ1v) is 19.3. The molecular weight excluding hydrogens is 705 g/mol. The number of benzene rings is 4. The van der Waals surface area contributed by atoms with Crippen LogP contribution < -0.4 is 10.6 Å². The molecule has 1 saturated heterocycles. The average molecular weight is 749 g/mol. The number of nitrogens with zero attached hydrogens (tertiary/aromatic N) is 2. The second-order valence-corrected chi connectivity index (χ2v) is 16.6. The summed E-state index contributed by atoms with van der Waals surface area (Å²) in [6.45, 7) is 7.43. The van der Waals surface area contributed by atoms with Gasteiger partial charge in [0, 0.05) is 17.7 Å². The zero-order valence-electron chi connectivity index (χ0n) is 30.1. The summed E-state index contributed by atoms with van der Waals surface area (Å²) in [5.74, 6) is -1.00. The Morgan fingerprint density at radius 3 is 1.85 bits per heavy atom.